The zero-order chi connectivity index (χ0) is 27.1. The van der Waals surface area contributed by atoms with Gasteiger partial charge in [0.2, 0.25) is 5.91 Å². The minimum atomic E-state index is -0.264. The average molecular weight is 519 g/mol. The van der Waals surface area contributed by atoms with Gasteiger partial charge in [0.05, 0.1) is 17.6 Å². The van der Waals surface area contributed by atoms with Crippen LogP contribution >= 0.6 is 0 Å². The van der Waals surface area contributed by atoms with Gasteiger partial charge in [-0.3, -0.25) is 14.9 Å². The highest BCUT2D eigenvalue weighted by atomic mass is 19.1. The van der Waals surface area contributed by atoms with Crippen LogP contribution in [-0.4, -0.2) is 31.1 Å². The van der Waals surface area contributed by atoms with Crippen molar-refractivity contribution in [1.29, 1.82) is 0 Å². The van der Waals surface area contributed by atoms with Crippen molar-refractivity contribution in [2.75, 3.05) is 5.32 Å². The Labute approximate surface area is 224 Å². The van der Waals surface area contributed by atoms with Crippen LogP contribution < -0.4 is 5.32 Å². The molecule has 2 aromatic carbocycles. The number of amides is 1. The van der Waals surface area contributed by atoms with Gasteiger partial charge in [-0.1, -0.05) is 45.0 Å². The van der Waals surface area contributed by atoms with Crippen molar-refractivity contribution < 1.29 is 9.18 Å². The second-order valence-electron chi connectivity index (χ2n) is 10.9. The van der Waals surface area contributed by atoms with Gasteiger partial charge < -0.3 is 10.3 Å². The summed E-state index contributed by atoms with van der Waals surface area (Å²) in [6.45, 7) is 6.09. The van der Waals surface area contributed by atoms with Gasteiger partial charge in [0.25, 0.3) is 0 Å². The van der Waals surface area contributed by atoms with E-state index in [0.717, 1.165) is 49.9 Å². The van der Waals surface area contributed by atoms with Gasteiger partial charge in [-0.05, 0) is 52.9 Å². The third-order valence-corrected chi connectivity index (χ3v) is 6.54. The molecule has 0 radical (unpaired) electrons. The van der Waals surface area contributed by atoms with E-state index in [2.05, 4.69) is 36.5 Å². The lowest BCUT2D eigenvalue weighted by molar-refractivity contribution is -0.117. The Bertz CT molecular complexity index is 1830. The lowest BCUT2D eigenvalue weighted by Crippen LogP contribution is -2.19. The van der Waals surface area contributed by atoms with E-state index in [9.17, 15) is 9.18 Å². The molecule has 0 saturated carbocycles. The quantitative estimate of drug-likeness (QED) is 0.222. The summed E-state index contributed by atoms with van der Waals surface area (Å²) in [7, 11) is 0. The summed E-state index contributed by atoms with van der Waals surface area (Å²) in [4.78, 5) is 24.8. The zero-order valence-electron chi connectivity index (χ0n) is 21.8. The molecule has 4 aromatic heterocycles. The maximum absolute atomic E-state index is 13.5. The number of rotatable bonds is 5. The first-order valence-corrected chi connectivity index (χ1v) is 12.7. The van der Waals surface area contributed by atoms with Crippen LogP contribution in [0.15, 0.2) is 79.3 Å². The number of nitrogens with zero attached hydrogens (tertiary/aromatic N) is 3. The van der Waals surface area contributed by atoms with Crippen LogP contribution in [0.25, 0.3) is 55.6 Å². The van der Waals surface area contributed by atoms with Gasteiger partial charge in [0.15, 0.2) is 5.65 Å². The SMILES string of the molecule is CC(C)(C)CC(=O)Nc1cncc(-c2cnc3[nH]nc(-c4cc5c(-c6ccc(F)cc6)cccc5[nH]4)c3c2)c1. The van der Waals surface area contributed by atoms with E-state index in [1.54, 1.807) is 30.7 Å². The number of pyridine rings is 2. The van der Waals surface area contributed by atoms with Crippen molar-refractivity contribution in [1.82, 2.24) is 25.1 Å². The van der Waals surface area contributed by atoms with Gasteiger partial charge in [0, 0.05) is 46.2 Å². The zero-order valence-corrected chi connectivity index (χ0v) is 21.8. The number of fused-ring (bicyclic) bond motifs is 2. The van der Waals surface area contributed by atoms with E-state index in [1.807, 2.05) is 51.1 Å². The van der Waals surface area contributed by atoms with Crippen molar-refractivity contribution >= 4 is 33.5 Å². The molecule has 0 spiro atoms. The van der Waals surface area contributed by atoms with Gasteiger partial charge in [0.1, 0.15) is 11.5 Å². The van der Waals surface area contributed by atoms with Crippen molar-refractivity contribution in [3.05, 3.63) is 85.1 Å². The summed E-state index contributed by atoms with van der Waals surface area (Å²) < 4.78 is 13.5. The Kier molecular flexibility index (Phi) is 5.95. The van der Waals surface area contributed by atoms with Crippen LogP contribution in [0.5, 0.6) is 0 Å². The molecular formula is C31H27FN6O. The molecule has 0 aliphatic carbocycles. The van der Waals surface area contributed by atoms with E-state index in [-0.39, 0.29) is 17.1 Å². The molecule has 0 aliphatic heterocycles. The molecule has 6 rings (SSSR count). The van der Waals surface area contributed by atoms with Crippen molar-refractivity contribution in [2.45, 2.75) is 27.2 Å². The number of aromatic nitrogens is 5. The van der Waals surface area contributed by atoms with Crippen molar-refractivity contribution in [3.8, 4) is 33.6 Å². The molecule has 0 bridgehead atoms. The fourth-order valence-corrected chi connectivity index (χ4v) is 4.78. The number of H-pyrrole nitrogens is 2. The van der Waals surface area contributed by atoms with Gasteiger partial charge in [-0.2, -0.15) is 5.10 Å². The molecule has 0 atom stereocenters. The second-order valence-corrected chi connectivity index (χ2v) is 10.9. The number of anilines is 1. The van der Waals surface area contributed by atoms with Crippen LogP contribution in [0.1, 0.15) is 27.2 Å². The topological polar surface area (TPSA) is 99.3 Å². The number of carbonyl (C=O) groups excluding carboxylic acids is 1. The molecule has 0 aliphatic rings. The van der Waals surface area contributed by atoms with Crippen LogP contribution in [0, 0.1) is 11.2 Å². The lowest BCUT2D eigenvalue weighted by Gasteiger charge is -2.17. The molecule has 0 saturated heterocycles. The predicted octanol–water partition coefficient (Wildman–Crippen LogP) is 7.35. The van der Waals surface area contributed by atoms with Gasteiger partial charge in [-0.15, -0.1) is 0 Å². The second kappa shape index (κ2) is 9.47. The molecule has 3 N–H and O–H groups in total. The van der Waals surface area contributed by atoms with E-state index < -0.39 is 0 Å². The summed E-state index contributed by atoms with van der Waals surface area (Å²) in [6, 6.07) is 18.5. The molecule has 1 amide bonds. The summed E-state index contributed by atoms with van der Waals surface area (Å²) in [5, 5.41) is 12.4. The maximum atomic E-state index is 13.5. The first-order valence-electron chi connectivity index (χ1n) is 12.7. The highest BCUT2D eigenvalue weighted by Gasteiger charge is 2.17. The number of hydrogen-bond donors (Lipinski definition) is 3. The molecule has 194 valence electrons. The van der Waals surface area contributed by atoms with Crippen molar-refractivity contribution in [2.24, 2.45) is 5.41 Å². The predicted molar refractivity (Wildman–Crippen MR) is 153 cm³/mol. The Balaban J connectivity index is 1.36. The number of carbonyl (C=O) groups is 1. The standard InChI is InChI=1S/C31H27FN6O/c1-31(2,3)14-28(39)35-22-11-19(15-33-17-22)20-12-25-29(37-38-30(25)34-16-20)27-13-24-23(5-4-6-26(24)36-27)18-7-9-21(32)10-8-18/h4-13,15-17,36H,14H2,1-3H3,(H,35,39)(H,34,37,38). The fourth-order valence-electron chi connectivity index (χ4n) is 4.78. The summed E-state index contributed by atoms with van der Waals surface area (Å²) >= 11 is 0. The van der Waals surface area contributed by atoms with Crippen LogP contribution in [-0.2, 0) is 4.79 Å². The first-order chi connectivity index (χ1) is 18.7. The molecule has 4 heterocycles. The largest absolute Gasteiger partial charge is 0.353 e. The minimum Gasteiger partial charge on any atom is -0.353 e. The van der Waals surface area contributed by atoms with Gasteiger partial charge in [-0.25, -0.2) is 9.37 Å². The normalized spacial score (nSPS) is 11.8. The maximum Gasteiger partial charge on any atom is 0.224 e. The van der Waals surface area contributed by atoms with Crippen molar-refractivity contribution in [3.63, 3.8) is 0 Å². The molecular weight excluding hydrogens is 491 g/mol. The number of benzene rings is 2. The Morgan fingerprint density at radius 1 is 0.923 bits per heavy atom. The summed E-state index contributed by atoms with van der Waals surface area (Å²) in [6.07, 6.45) is 5.57. The molecule has 8 heteroatoms. The fraction of sp³-hybridized carbons (Fsp3) is 0.161. The third-order valence-electron chi connectivity index (χ3n) is 6.54. The van der Waals surface area contributed by atoms with Crippen LogP contribution in [0.2, 0.25) is 0 Å². The molecule has 39 heavy (non-hydrogen) atoms. The summed E-state index contributed by atoms with van der Waals surface area (Å²) in [5.74, 6) is -0.314. The molecule has 0 unspecified atom stereocenters. The number of hydrogen-bond acceptors (Lipinski definition) is 4. The number of halogens is 1. The highest BCUT2D eigenvalue weighted by Crippen LogP contribution is 2.35. The van der Waals surface area contributed by atoms with E-state index in [0.29, 0.717) is 17.8 Å². The summed E-state index contributed by atoms with van der Waals surface area (Å²) in [5.41, 5.74) is 7.35. The molecule has 6 aromatic rings. The highest BCUT2D eigenvalue weighted by molar-refractivity contribution is 6.01. The Hall–Kier alpha value is -4.85. The van der Waals surface area contributed by atoms with E-state index in [1.165, 1.54) is 12.1 Å². The molecule has 0 fully saturated rings. The Morgan fingerprint density at radius 3 is 2.51 bits per heavy atom. The van der Waals surface area contributed by atoms with Crippen LogP contribution in [0.3, 0.4) is 0 Å². The Morgan fingerprint density at radius 2 is 1.72 bits per heavy atom. The average Bonchev–Trinajstić information content (AvgIpc) is 3.52. The third kappa shape index (κ3) is 5.01. The monoisotopic (exact) mass is 518 g/mol. The van der Waals surface area contributed by atoms with Gasteiger partial charge >= 0.3 is 0 Å². The molecule has 7 nitrogen and oxygen atoms in total. The number of aromatic amines is 2. The van der Waals surface area contributed by atoms with E-state index in [4.69, 9.17) is 0 Å². The van der Waals surface area contributed by atoms with E-state index >= 15 is 0 Å². The first kappa shape index (κ1) is 24.5. The number of nitrogens with one attached hydrogen (secondary N) is 3. The lowest BCUT2D eigenvalue weighted by atomic mass is 9.92. The van der Waals surface area contributed by atoms with Crippen LogP contribution in [0.4, 0.5) is 10.1 Å². The minimum absolute atomic E-state index is 0.0500. The smallest absolute Gasteiger partial charge is 0.224 e.